The average Bonchev–Trinajstić information content (AvgIpc) is 2.80. The summed E-state index contributed by atoms with van der Waals surface area (Å²) in [7, 11) is 0. The molecule has 2 amide bonds. The molecule has 0 atom stereocenters. The molecular formula is C27H27BrN2O2. The van der Waals surface area contributed by atoms with Gasteiger partial charge in [-0.3, -0.25) is 9.59 Å². The molecule has 0 aliphatic carbocycles. The van der Waals surface area contributed by atoms with Gasteiger partial charge in [0.15, 0.2) is 0 Å². The van der Waals surface area contributed by atoms with Gasteiger partial charge in [0.05, 0.1) is 0 Å². The molecule has 0 bridgehead atoms. The zero-order chi connectivity index (χ0) is 22.9. The van der Waals surface area contributed by atoms with Gasteiger partial charge in [0, 0.05) is 15.7 Å². The minimum Gasteiger partial charge on any atom is -0.321 e. The first-order valence-electron chi connectivity index (χ1n) is 10.7. The molecule has 0 aromatic heterocycles. The van der Waals surface area contributed by atoms with E-state index in [-0.39, 0.29) is 17.5 Å². The van der Waals surface area contributed by atoms with Crippen LogP contribution < -0.4 is 10.6 Å². The number of carbonyl (C=O) groups excluding carboxylic acids is 2. The van der Waals surface area contributed by atoms with E-state index in [1.54, 1.807) is 30.3 Å². The van der Waals surface area contributed by atoms with Gasteiger partial charge >= 0.3 is 0 Å². The number of amides is 2. The van der Waals surface area contributed by atoms with Gasteiger partial charge in [-0.15, -0.1) is 0 Å². The molecule has 4 nitrogen and oxygen atoms in total. The molecule has 3 rings (SSSR count). The summed E-state index contributed by atoms with van der Waals surface area (Å²) >= 11 is 3.39. The van der Waals surface area contributed by atoms with E-state index in [0.717, 1.165) is 34.9 Å². The van der Waals surface area contributed by atoms with Crippen molar-refractivity contribution in [3.63, 3.8) is 0 Å². The van der Waals surface area contributed by atoms with Crippen LogP contribution in [0, 0.1) is 6.92 Å². The van der Waals surface area contributed by atoms with E-state index < -0.39 is 0 Å². The zero-order valence-corrected chi connectivity index (χ0v) is 19.9. The normalized spacial score (nSPS) is 11.2. The summed E-state index contributed by atoms with van der Waals surface area (Å²) in [6.07, 6.45) is 4.92. The fraction of sp³-hybridized carbons (Fsp3) is 0.185. The highest BCUT2D eigenvalue weighted by atomic mass is 79.9. The lowest BCUT2D eigenvalue weighted by Crippen LogP contribution is -2.30. The van der Waals surface area contributed by atoms with Gasteiger partial charge in [0.1, 0.15) is 5.70 Å². The van der Waals surface area contributed by atoms with Crippen molar-refractivity contribution in [2.24, 2.45) is 0 Å². The number of aryl methyl sites for hydroxylation is 2. The Morgan fingerprint density at radius 1 is 0.906 bits per heavy atom. The topological polar surface area (TPSA) is 58.2 Å². The molecule has 3 aromatic rings. The predicted molar refractivity (Wildman–Crippen MR) is 134 cm³/mol. The van der Waals surface area contributed by atoms with Crippen molar-refractivity contribution in [1.29, 1.82) is 0 Å². The third kappa shape index (κ3) is 6.92. The Morgan fingerprint density at radius 2 is 1.56 bits per heavy atom. The van der Waals surface area contributed by atoms with Crippen molar-refractivity contribution >= 4 is 39.5 Å². The van der Waals surface area contributed by atoms with E-state index in [2.05, 4.69) is 33.5 Å². The Kier molecular flexibility index (Phi) is 8.40. The molecule has 2 N–H and O–H groups in total. The van der Waals surface area contributed by atoms with Crippen molar-refractivity contribution in [2.75, 3.05) is 5.32 Å². The van der Waals surface area contributed by atoms with Crippen LogP contribution in [0.1, 0.15) is 46.8 Å². The number of hydrogen-bond donors (Lipinski definition) is 2. The molecule has 0 unspecified atom stereocenters. The highest BCUT2D eigenvalue weighted by Gasteiger charge is 2.15. The Hall–Kier alpha value is -3.18. The van der Waals surface area contributed by atoms with Gasteiger partial charge in [-0.2, -0.15) is 0 Å². The number of unbranched alkanes of at least 4 members (excludes halogenated alkanes) is 1. The summed E-state index contributed by atoms with van der Waals surface area (Å²) in [5.74, 6) is -0.711. The molecule has 0 aliphatic rings. The van der Waals surface area contributed by atoms with Crippen molar-refractivity contribution < 1.29 is 9.59 Å². The van der Waals surface area contributed by atoms with Gasteiger partial charge in [-0.1, -0.05) is 71.2 Å². The van der Waals surface area contributed by atoms with Gasteiger partial charge in [0.25, 0.3) is 11.8 Å². The van der Waals surface area contributed by atoms with E-state index in [4.69, 9.17) is 0 Å². The maximum absolute atomic E-state index is 13.0. The third-order valence-electron chi connectivity index (χ3n) is 5.02. The molecule has 0 fully saturated rings. The molecule has 32 heavy (non-hydrogen) atoms. The van der Waals surface area contributed by atoms with Crippen LogP contribution in [0.5, 0.6) is 0 Å². The lowest BCUT2D eigenvalue weighted by Gasteiger charge is -2.12. The van der Waals surface area contributed by atoms with Crippen molar-refractivity contribution in [2.45, 2.75) is 33.1 Å². The molecule has 5 heteroatoms. The fourth-order valence-corrected chi connectivity index (χ4v) is 3.38. The first-order valence-corrected chi connectivity index (χ1v) is 11.5. The van der Waals surface area contributed by atoms with E-state index in [9.17, 15) is 9.59 Å². The summed E-state index contributed by atoms with van der Waals surface area (Å²) in [6, 6.07) is 22.6. The van der Waals surface area contributed by atoms with E-state index in [1.807, 2.05) is 55.5 Å². The van der Waals surface area contributed by atoms with E-state index >= 15 is 0 Å². The van der Waals surface area contributed by atoms with Crippen LogP contribution in [-0.4, -0.2) is 11.8 Å². The fourth-order valence-electron chi connectivity index (χ4n) is 3.12. The van der Waals surface area contributed by atoms with Gasteiger partial charge < -0.3 is 10.6 Å². The van der Waals surface area contributed by atoms with Crippen LogP contribution in [0.4, 0.5) is 5.69 Å². The summed E-state index contributed by atoms with van der Waals surface area (Å²) < 4.78 is 0.918. The third-order valence-corrected chi connectivity index (χ3v) is 5.55. The maximum Gasteiger partial charge on any atom is 0.272 e. The number of carbonyl (C=O) groups is 2. The smallest absolute Gasteiger partial charge is 0.272 e. The molecule has 0 saturated carbocycles. The maximum atomic E-state index is 13.0. The van der Waals surface area contributed by atoms with Crippen LogP contribution in [-0.2, 0) is 11.2 Å². The molecule has 0 spiro atoms. The quantitative estimate of drug-likeness (QED) is 0.353. The largest absolute Gasteiger partial charge is 0.321 e. The van der Waals surface area contributed by atoms with Crippen molar-refractivity contribution in [1.82, 2.24) is 5.32 Å². The molecule has 0 heterocycles. The number of halogens is 1. The minimum absolute atomic E-state index is 0.178. The second kappa shape index (κ2) is 11.4. The highest BCUT2D eigenvalue weighted by molar-refractivity contribution is 9.10. The summed E-state index contributed by atoms with van der Waals surface area (Å²) in [5, 5.41) is 5.64. The second-order valence-corrected chi connectivity index (χ2v) is 8.60. The number of rotatable bonds is 8. The van der Waals surface area contributed by atoms with Crippen molar-refractivity contribution in [3.8, 4) is 0 Å². The van der Waals surface area contributed by atoms with Crippen LogP contribution >= 0.6 is 15.9 Å². The first kappa shape index (κ1) is 23.5. The molecule has 164 valence electrons. The number of nitrogens with one attached hydrogen (secondary N) is 2. The Labute approximate surface area is 197 Å². The van der Waals surface area contributed by atoms with Crippen LogP contribution in [0.3, 0.4) is 0 Å². The summed E-state index contributed by atoms with van der Waals surface area (Å²) in [5.41, 5.74) is 4.48. The summed E-state index contributed by atoms with van der Waals surface area (Å²) in [6.45, 7) is 4.16. The second-order valence-electron chi connectivity index (χ2n) is 7.68. The Morgan fingerprint density at radius 3 is 2.19 bits per heavy atom. The van der Waals surface area contributed by atoms with E-state index in [0.29, 0.717) is 11.3 Å². The van der Waals surface area contributed by atoms with Gasteiger partial charge in [-0.05, 0) is 73.4 Å². The van der Waals surface area contributed by atoms with E-state index in [1.165, 1.54) is 5.56 Å². The van der Waals surface area contributed by atoms with Gasteiger partial charge in [-0.25, -0.2) is 0 Å². The lowest BCUT2D eigenvalue weighted by molar-refractivity contribution is -0.113. The minimum atomic E-state index is -0.388. The first-order chi connectivity index (χ1) is 15.4. The average molecular weight is 491 g/mol. The summed E-state index contributed by atoms with van der Waals surface area (Å²) in [4.78, 5) is 25.9. The molecule has 0 radical (unpaired) electrons. The number of benzene rings is 3. The number of anilines is 1. The van der Waals surface area contributed by atoms with Crippen molar-refractivity contribution in [3.05, 3.63) is 105 Å². The predicted octanol–water partition coefficient (Wildman–Crippen LogP) is 6.51. The Balaban J connectivity index is 1.81. The number of hydrogen-bond acceptors (Lipinski definition) is 2. The lowest BCUT2D eigenvalue weighted by atomic mass is 10.1. The van der Waals surface area contributed by atoms with Gasteiger partial charge in [0.2, 0.25) is 0 Å². The SMILES string of the molecule is CCCCc1ccc(C(=O)N/C(=C\c2ccc(C)cc2)C(=O)Nc2ccc(Br)cc2)cc1. The van der Waals surface area contributed by atoms with Crippen LogP contribution in [0.2, 0.25) is 0 Å². The molecule has 3 aromatic carbocycles. The molecule has 0 aliphatic heterocycles. The van der Waals surface area contributed by atoms with Crippen LogP contribution in [0.15, 0.2) is 83.0 Å². The highest BCUT2D eigenvalue weighted by Crippen LogP contribution is 2.16. The monoisotopic (exact) mass is 490 g/mol. The zero-order valence-electron chi connectivity index (χ0n) is 18.3. The molecular weight excluding hydrogens is 464 g/mol. The van der Waals surface area contributed by atoms with Crippen LogP contribution in [0.25, 0.3) is 6.08 Å². The standard InChI is InChI=1S/C27H27BrN2O2/c1-3-4-5-20-10-12-22(13-11-20)26(31)30-25(18-21-8-6-19(2)7-9-21)27(32)29-24-16-14-23(28)15-17-24/h6-18H,3-5H2,1-2H3,(H,29,32)(H,30,31)/b25-18-. The Bertz CT molecular complexity index is 1090. The molecule has 0 saturated heterocycles.